The summed E-state index contributed by atoms with van der Waals surface area (Å²) in [7, 11) is 0. The van der Waals surface area contributed by atoms with E-state index in [2.05, 4.69) is 0 Å². The Morgan fingerprint density at radius 1 is 1.00 bits per heavy atom. The minimum absolute atomic E-state index is 0.162. The molecule has 3 nitrogen and oxygen atoms in total. The van der Waals surface area contributed by atoms with E-state index in [1.54, 1.807) is 36.4 Å². The molecular weight excluding hydrogens is 204 g/mol. The lowest BCUT2D eigenvalue weighted by atomic mass is 10.1. The van der Waals surface area contributed by atoms with Crippen LogP contribution in [0, 0.1) is 0 Å². The Morgan fingerprint density at radius 3 is 2.12 bits per heavy atom. The number of ketones is 2. The molecule has 0 N–H and O–H groups in total. The Kier molecular flexibility index (Phi) is 1.80. The Balaban J connectivity index is 2.22. The number of hydrogen-bond acceptors (Lipinski definition) is 3. The molecule has 2 aliphatic rings. The molecule has 0 bridgehead atoms. The van der Waals surface area contributed by atoms with Crippen LogP contribution in [0.4, 0.5) is 0 Å². The van der Waals surface area contributed by atoms with Crippen LogP contribution in [0.1, 0.15) is 20.7 Å². The van der Waals surface area contributed by atoms with Gasteiger partial charge in [0.05, 0.1) is 0 Å². The van der Waals surface area contributed by atoms with Crippen molar-refractivity contribution in [1.29, 1.82) is 0 Å². The van der Waals surface area contributed by atoms with Crippen LogP contribution in [-0.2, 0) is 4.74 Å². The predicted octanol–water partition coefficient (Wildman–Crippen LogP) is 1.91. The summed E-state index contributed by atoms with van der Waals surface area (Å²) in [5.74, 6) is -0.0736. The molecule has 0 amide bonds. The molecule has 0 radical (unpaired) electrons. The molecule has 0 atom stereocenters. The molecule has 0 unspecified atom stereocenters. The number of ether oxygens (including phenoxy) is 1. The van der Waals surface area contributed by atoms with Gasteiger partial charge in [0.1, 0.15) is 17.9 Å². The highest BCUT2D eigenvalue weighted by Gasteiger charge is 2.35. The number of carbonyl (C=O) groups is 2. The number of carbonyl (C=O) groups excluding carboxylic acids is 2. The summed E-state index contributed by atoms with van der Waals surface area (Å²) in [6.07, 6.45) is 3.46. The van der Waals surface area contributed by atoms with Crippen LogP contribution in [0.15, 0.2) is 47.7 Å². The van der Waals surface area contributed by atoms with Gasteiger partial charge in [0.15, 0.2) is 0 Å². The molecule has 16 heavy (non-hydrogen) atoms. The van der Waals surface area contributed by atoms with Crippen molar-refractivity contribution in [1.82, 2.24) is 0 Å². The van der Waals surface area contributed by atoms with E-state index in [1.165, 1.54) is 0 Å². The average Bonchev–Trinajstić information content (AvgIpc) is 2.89. The lowest BCUT2D eigenvalue weighted by molar-refractivity contribution is 0.0978. The molecule has 0 fully saturated rings. The third kappa shape index (κ3) is 1.08. The van der Waals surface area contributed by atoms with E-state index in [-0.39, 0.29) is 17.1 Å². The minimum atomic E-state index is -0.234. The van der Waals surface area contributed by atoms with Crippen molar-refractivity contribution in [2.24, 2.45) is 0 Å². The van der Waals surface area contributed by atoms with Gasteiger partial charge in [-0.05, 0) is 12.2 Å². The second-order valence-electron chi connectivity index (χ2n) is 3.66. The number of Topliss-reactive ketones (excluding diaryl/α,β-unsaturated/α-hetero) is 2. The lowest BCUT2D eigenvalue weighted by Crippen LogP contribution is -2.04. The van der Waals surface area contributed by atoms with Crippen LogP contribution in [0.3, 0.4) is 0 Å². The molecule has 1 aromatic rings. The fraction of sp³-hybridized carbons (Fsp3) is 0.0769. The summed E-state index contributed by atoms with van der Waals surface area (Å²) in [5, 5.41) is 0. The number of rotatable bonds is 0. The topological polar surface area (TPSA) is 43.4 Å². The molecule has 0 spiro atoms. The van der Waals surface area contributed by atoms with E-state index in [1.807, 2.05) is 0 Å². The third-order valence-corrected chi connectivity index (χ3v) is 2.72. The molecule has 1 aromatic carbocycles. The van der Waals surface area contributed by atoms with Gasteiger partial charge in [0, 0.05) is 11.1 Å². The first-order valence-electron chi connectivity index (χ1n) is 5.01. The summed E-state index contributed by atoms with van der Waals surface area (Å²) >= 11 is 0. The first-order chi connectivity index (χ1) is 7.79. The average molecular weight is 212 g/mol. The Bertz CT molecular complexity index is 527. The molecule has 0 saturated carbocycles. The van der Waals surface area contributed by atoms with E-state index in [9.17, 15) is 9.59 Å². The zero-order valence-corrected chi connectivity index (χ0v) is 8.40. The monoisotopic (exact) mass is 212 g/mol. The summed E-state index contributed by atoms with van der Waals surface area (Å²) in [6.45, 7) is 0.426. The summed E-state index contributed by atoms with van der Waals surface area (Å²) in [5.41, 5.74) is 1.10. The van der Waals surface area contributed by atoms with Crippen molar-refractivity contribution in [3.8, 4) is 0 Å². The number of allylic oxidation sites excluding steroid dienone is 2. The second kappa shape index (κ2) is 3.17. The fourth-order valence-electron chi connectivity index (χ4n) is 1.97. The van der Waals surface area contributed by atoms with Crippen molar-refractivity contribution in [2.75, 3.05) is 6.61 Å². The standard InChI is InChI=1S/C13H8O3/c14-12-8-4-1-2-5-9(8)13(15)11(12)10-6-3-7-16-10/h1-6H,7H2. The van der Waals surface area contributed by atoms with Crippen LogP contribution >= 0.6 is 0 Å². The predicted molar refractivity (Wildman–Crippen MR) is 57.2 cm³/mol. The van der Waals surface area contributed by atoms with Gasteiger partial charge in [-0.15, -0.1) is 0 Å². The van der Waals surface area contributed by atoms with Gasteiger partial charge >= 0.3 is 0 Å². The maximum atomic E-state index is 12.0. The first-order valence-corrected chi connectivity index (χ1v) is 5.01. The van der Waals surface area contributed by atoms with Crippen molar-refractivity contribution < 1.29 is 14.3 Å². The largest absolute Gasteiger partial charge is 0.489 e. The summed E-state index contributed by atoms with van der Waals surface area (Å²) in [6, 6.07) is 6.84. The second-order valence-corrected chi connectivity index (χ2v) is 3.66. The number of hydrogen-bond donors (Lipinski definition) is 0. The number of fused-ring (bicyclic) bond motifs is 1. The Labute approximate surface area is 92.0 Å². The lowest BCUT2D eigenvalue weighted by Gasteiger charge is -2.00. The van der Waals surface area contributed by atoms with E-state index < -0.39 is 0 Å². The Hall–Kier alpha value is -2.16. The van der Waals surface area contributed by atoms with Crippen LogP contribution in [0.25, 0.3) is 0 Å². The molecule has 1 aliphatic heterocycles. The number of benzene rings is 1. The molecule has 3 rings (SSSR count). The maximum absolute atomic E-state index is 12.0. The van der Waals surface area contributed by atoms with Crippen molar-refractivity contribution in [2.45, 2.75) is 0 Å². The van der Waals surface area contributed by atoms with Gasteiger partial charge in [-0.25, -0.2) is 0 Å². The van der Waals surface area contributed by atoms with Gasteiger partial charge in [0.25, 0.3) is 0 Å². The molecule has 78 valence electrons. The third-order valence-electron chi connectivity index (χ3n) is 2.72. The summed E-state index contributed by atoms with van der Waals surface area (Å²) < 4.78 is 5.24. The van der Waals surface area contributed by atoms with Crippen LogP contribution in [0.5, 0.6) is 0 Å². The van der Waals surface area contributed by atoms with Crippen LogP contribution in [0.2, 0.25) is 0 Å². The van der Waals surface area contributed by atoms with E-state index in [0.717, 1.165) is 0 Å². The molecule has 0 saturated heterocycles. The van der Waals surface area contributed by atoms with Crippen molar-refractivity contribution in [3.63, 3.8) is 0 Å². The molecule has 0 aromatic heterocycles. The van der Waals surface area contributed by atoms with Crippen LogP contribution in [-0.4, -0.2) is 18.2 Å². The SMILES string of the molecule is O=C1C(=C2C=CCO2)C(=O)c2ccccc21. The van der Waals surface area contributed by atoms with Crippen LogP contribution < -0.4 is 0 Å². The highest BCUT2D eigenvalue weighted by molar-refractivity contribution is 6.39. The molecule has 3 heteroatoms. The van der Waals surface area contributed by atoms with E-state index in [4.69, 9.17) is 4.74 Å². The smallest absolute Gasteiger partial charge is 0.201 e. The summed E-state index contributed by atoms with van der Waals surface area (Å²) in [4.78, 5) is 24.0. The quantitative estimate of drug-likeness (QED) is 0.487. The zero-order chi connectivity index (χ0) is 11.1. The Morgan fingerprint density at radius 2 is 1.62 bits per heavy atom. The van der Waals surface area contributed by atoms with Gasteiger partial charge in [0.2, 0.25) is 11.6 Å². The first kappa shape index (κ1) is 9.09. The molecule has 1 aliphatic carbocycles. The van der Waals surface area contributed by atoms with E-state index in [0.29, 0.717) is 23.5 Å². The maximum Gasteiger partial charge on any atom is 0.201 e. The molecular formula is C13H8O3. The van der Waals surface area contributed by atoms with Gasteiger partial charge in [-0.1, -0.05) is 24.3 Å². The van der Waals surface area contributed by atoms with Crippen molar-refractivity contribution in [3.05, 3.63) is 58.9 Å². The fourth-order valence-corrected chi connectivity index (χ4v) is 1.97. The highest BCUT2D eigenvalue weighted by Crippen LogP contribution is 2.30. The van der Waals surface area contributed by atoms with E-state index >= 15 is 0 Å². The normalized spacial score (nSPS) is 18.0. The van der Waals surface area contributed by atoms with Gasteiger partial charge < -0.3 is 4.74 Å². The van der Waals surface area contributed by atoms with Gasteiger partial charge in [-0.2, -0.15) is 0 Å². The minimum Gasteiger partial charge on any atom is -0.489 e. The van der Waals surface area contributed by atoms with Gasteiger partial charge in [-0.3, -0.25) is 9.59 Å². The highest BCUT2D eigenvalue weighted by atomic mass is 16.5. The zero-order valence-electron chi connectivity index (χ0n) is 8.40. The molecule has 1 heterocycles. The van der Waals surface area contributed by atoms with Crippen molar-refractivity contribution >= 4 is 11.6 Å².